The van der Waals surface area contributed by atoms with Gasteiger partial charge in [-0.15, -0.1) is 0 Å². The van der Waals surface area contributed by atoms with Crippen LogP contribution in [0.3, 0.4) is 0 Å². The molecule has 0 saturated carbocycles. The first-order valence-corrected chi connectivity index (χ1v) is 6.46. The van der Waals surface area contributed by atoms with Gasteiger partial charge in [-0.3, -0.25) is 4.79 Å². The number of hydrogen-bond acceptors (Lipinski definition) is 3. The number of likely N-dealkylation sites (N-methyl/N-ethyl adjacent to an activating group) is 1. The largest absolute Gasteiger partial charge is 0.388 e. The van der Waals surface area contributed by atoms with Crippen LogP contribution in [0.5, 0.6) is 0 Å². The zero-order chi connectivity index (χ0) is 13.8. The Bertz CT molecular complexity index is 445. The maximum Gasteiger partial charge on any atom is 0.225 e. The maximum atomic E-state index is 13.1. The summed E-state index contributed by atoms with van der Waals surface area (Å²) in [4.78, 5) is 15.9. The minimum atomic E-state index is -0.942. The number of hydrogen-bond donors (Lipinski definition) is 1. The number of amides is 1. The highest BCUT2D eigenvalue weighted by Gasteiger charge is 2.22. The summed E-state index contributed by atoms with van der Waals surface area (Å²) in [6, 6.07) is 5.75. The van der Waals surface area contributed by atoms with Gasteiger partial charge in [0.15, 0.2) is 0 Å². The highest BCUT2D eigenvalue weighted by Crippen LogP contribution is 2.19. The molecule has 0 spiro atoms. The van der Waals surface area contributed by atoms with E-state index in [1.54, 1.807) is 11.0 Å². The topological polar surface area (TPSA) is 43.8 Å². The molecule has 1 saturated heterocycles. The number of piperazine rings is 1. The molecule has 1 aromatic carbocycles. The van der Waals surface area contributed by atoms with E-state index in [1.165, 1.54) is 18.2 Å². The second-order valence-corrected chi connectivity index (χ2v) is 4.96. The minimum absolute atomic E-state index is 0.00711. The number of rotatable bonds is 3. The number of carbonyl (C=O) groups excluding carboxylic acids is 1. The molecule has 19 heavy (non-hydrogen) atoms. The molecule has 1 aliphatic heterocycles. The third-order valence-electron chi connectivity index (χ3n) is 3.46. The molecule has 1 aliphatic rings. The second kappa shape index (κ2) is 6.12. The van der Waals surface area contributed by atoms with Crippen LogP contribution < -0.4 is 0 Å². The molecule has 0 aromatic heterocycles. The zero-order valence-electron chi connectivity index (χ0n) is 11.1. The standard InChI is InChI=1S/C14H19FN2O2/c1-16-5-7-17(8-6-16)14(19)10-13(18)11-3-2-4-12(15)9-11/h2-4,9,13,18H,5-8,10H2,1H3. The van der Waals surface area contributed by atoms with Crippen molar-refractivity contribution in [3.63, 3.8) is 0 Å². The van der Waals surface area contributed by atoms with Crippen molar-refractivity contribution in [1.82, 2.24) is 9.80 Å². The smallest absolute Gasteiger partial charge is 0.225 e. The Balaban J connectivity index is 1.91. The van der Waals surface area contributed by atoms with Gasteiger partial charge in [0.1, 0.15) is 5.82 Å². The van der Waals surface area contributed by atoms with E-state index in [-0.39, 0.29) is 12.3 Å². The fourth-order valence-corrected chi connectivity index (χ4v) is 2.18. The third kappa shape index (κ3) is 3.75. The number of benzene rings is 1. The van der Waals surface area contributed by atoms with Crippen LogP contribution in [-0.4, -0.2) is 54.0 Å². The summed E-state index contributed by atoms with van der Waals surface area (Å²) < 4.78 is 13.1. The highest BCUT2D eigenvalue weighted by molar-refractivity contribution is 5.77. The van der Waals surface area contributed by atoms with Crippen molar-refractivity contribution in [2.75, 3.05) is 33.2 Å². The Morgan fingerprint density at radius 3 is 2.68 bits per heavy atom. The van der Waals surface area contributed by atoms with Crippen molar-refractivity contribution >= 4 is 5.91 Å². The normalized spacial score (nSPS) is 18.4. The van der Waals surface area contributed by atoms with Crippen LogP contribution in [-0.2, 0) is 4.79 Å². The molecule has 5 heteroatoms. The summed E-state index contributed by atoms with van der Waals surface area (Å²) in [5, 5.41) is 9.97. The Morgan fingerprint density at radius 2 is 2.05 bits per heavy atom. The summed E-state index contributed by atoms with van der Waals surface area (Å²) in [6.07, 6.45) is -0.935. The van der Waals surface area contributed by atoms with Crippen LogP contribution >= 0.6 is 0 Å². The molecule has 4 nitrogen and oxygen atoms in total. The van der Waals surface area contributed by atoms with E-state index < -0.39 is 11.9 Å². The van der Waals surface area contributed by atoms with E-state index in [0.29, 0.717) is 18.7 Å². The Hall–Kier alpha value is -1.46. The lowest BCUT2D eigenvalue weighted by atomic mass is 10.1. The zero-order valence-corrected chi connectivity index (χ0v) is 11.1. The van der Waals surface area contributed by atoms with Crippen molar-refractivity contribution in [2.45, 2.75) is 12.5 Å². The molecule has 0 aliphatic carbocycles. The molecule has 1 atom stereocenters. The van der Waals surface area contributed by atoms with Crippen molar-refractivity contribution in [3.8, 4) is 0 Å². The SMILES string of the molecule is CN1CCN(C(=O)CC(O)c2cccc(F)c2)CC1. The van der Waals surface area contributed by atoms with Gasteiger partial charge < -0.3 is 14.9 Å². The van der Waals surface area contributed by atoms with Gasteiger partial charge in [-0.2, -0.15) is 0 Å². The molecule has 0 bridgehead atoms. The molecule has 1 aromatic rings. The Morgan fingerprint density at radius 1 is 1.37 bits per heavy atom. The van der Waals surface area contributed by atoms with Gasteiger partial charge in [0.05, 0.1) is 12.5 Å². The summed E-state index contributed by atoms with van der Waals surface area (Å²) in [7, 11) is 2.02. The molecular weight excluding hydrogens is 247 g/mol. The van der Waals surface area contributed by atoms with Gasteiger partial charge in [-0.25, -0.2) is 4.39 Å². The summed E-state index contributed by atoms with van der Waals surface area (Å²) in [6.45, 7) is 3.07. The molecule has 2 rings (SSSR count). The van der Waals surface area contributed by atoms with E-state index in [9.17, 15) is 14.3 Å². The van der Waals surface area contributed by atoms with Gasteiger partial charge in [0.25, 0.3) is 0 Å². The quantitative estimate of drug-likeness (QED) is 0.888. The van der Waals surface area contributed by atoms with Gasteiger partial charge >= 0.3 is 0 Å². The van der Waals surface area contributed by atoms with Crippen molar-refractivity contribution in [2.24, 2.45) is 0 Å². The average Bonchev–Trinajstić information content (AvgIpc) is 2.39. The monoisotopic (exact) mass is 266 g/mol. The van der Waals surface area contributed by atoms with Crippen LogP contribution in [0.4, 0.5) is 4.39 Å². The molecule has 1 amide bonds. The van der Waals surface area contributed by atoms with E-state index in [4.69, 9.17) is 0 Å². The van der Waals surface area contributed by atoms with Crippen LogP contribution in [0.15, 0.2) is 24.3 Å². The van der Waals surface area contributed by atoms with Gasteiger partial charge in [-0.05, 0) is 24.7 Å². The average molecular weight is 266 g/mol. The van der Waals surface area contributed by atoms with Crippen LogP contribution in [0.1, 0.15) is 18.1 Å². The van der Waals surface area contributed by atoms with Gasteiger partial charge in [-0.1, -0.05) is 12.1 Å². The Labute approximate surface area is 112 Å². The first-order valence-electron chi connectivity index (χ1n) is 6.46. The number of halogens is 1. The lowest BCUT2D eigenvalue weighted by Gasteiger charge is -2.32. The number of aliphatic hydroxyl groups is 1. The van der Waals surface area contributed by atoms with Crippen molar-refractivity contribution in [1.29, 1.82) is 0 Å². The van der Waals surface area contributed by atoms with Crippen molar-refractivity contribution < 1.29 is 14.3 Å². The van der Waals surface area contributed by atoms with Crippen molar-refractivity contribution in [3.05, 3.63) is 35.6 Å². The number of carbonyl (C=O) groups is 1. The van der Waals surface area contributed by atoms with Gasteiger partial charge in [0.2, 0.25) is 5.91 Å². The third-order valence-corrected chi connectivity index (χ3v) is 3.46. The molecule has 1 heterocycles. The van der Waals surface area contributed by atoms with E-state index in [0.717, 1.165) is 13.1 Å². The maximum absolute atomic E-state index is 13.1. The summed E-state index contributed by atoms with van der Waals surface area (Å²) in [5.41, 5.74) is 0.447. The molecule has 104 valence electrons. The van der Waals surface area contributed by atoms with E-state index >= 15 is 0 Å². The number of aliphatic hydroxyl groups excluding tert-OH is 1. The van der Waals surface area contributed by atoms with Crippen LogP contribution in [0.2, 0.25) is 0 Å². The molecule has 0 radical (unpaired) electrons. The lowest BCUT2D eigenvalue weighted by Crippen LogP contribution is -2.47. The molecule has 1 unspecified atom stereocenters. The summed E-state index contributed by atoms with van der Waals surface area (Å²) >= 11 is 0. The lowest BCUT2D eigenvalue weighted by molar-refractivity contribution is -0.134. The van der Waals surface area contributed by atoms with Crippen LogP contribution in [0, 0.1) is 5.82 Å². The Kier molecular flexibility index (Phi) is 4.50. The molecular formula is C14H19FN2O2. The van der Waals surface area contributed by atoms with E-state index in [1.807, 2.05) is 7.05 Å². The summed E-state index contributed by atoms with van der Waals surface area (Å²) in [5.74, 6) is -0.478. The second-order valence-electron chi connectivity index (χ2n) is 4.96. The highest BCUT2D eigenvalue weighted by atomic mass is 19.1. The van der Waals surface area contributed by atoms with Crippen LogP contribution in [0.25, 0.3) is 0 Å². The fraction of sp³-hybridized carbons (Fsp3) is 0.500. The molecule has 1 fully saturated rings. The predicted molar refractivity (Wildman–Crippen MR) is 70.1 cm³/mol. The minimum Gasteiger partial charge on any atom is -0.388 e. The first-order chi connectivity index (χ1) is 9.06. The number of nitrogens with zero attached hydrogens (tertiary/aromatic N) is 2. The van der Waals surface area contributed by atoms with E-state index in [2.05, 4.69) is 4.90 Å². The van der Waals surface area contributed by atoms with Gasteiger partial charge in [0, 0.05) is 26.2 Å². The first kappa shape index (κ1) is 14.0. The predicted octanol–water partition coefficient (Wildman–Crippen LogP) is 1.02. The molecule has 1 N–H and O–H groups in total. The fourth-order valence-electron chi connectivity index (χ4n) is 2.18.